The Morgan fingerprint density at radius 1 is 0.550 bits per heavy atom. The van der Waals surface area contributed by atoms with Gasteiger partial charge in [-0.25, -0.2) is 0 Å². The fourth-order valence-electron chi connectivity index (χ4n) is 0. The second-order valence-electron chi connectivity index (χ2n) is 0.476. The second-order valence-corrected chi connectivity index (χ2v) is 0.476. The van der Waals surface area contributed by atoms with E-state index in [1.165, 1.54) is 21.4 Å². The van der Waals surface area contributed by atoms with Crippen LogP contribution in [0.15, 0.2) is 32.0 Å². The first-order chi connectivity index (χ1) is 8.49. The van der Waals surface area contributed by atoms with Gasteiger partial charge in [0, 0.05) is 0 Å². The Morgan fingerprint density at radius 3 is 0.550 bits per heavy atom. The van der Waals surface area contributed by atoms with E-state index in [1.54, 1.807) is 0 Å². The number of nitrogens with zero attached hydrogens (tertiary/aromatic N) is 6. The molecule has 0 amide bonds. The minimum absolute atomic E-state index is 0. The van der Waals surface area contributed by atoms with E-state index < -0.39 is 0 Å². The van der Waals surface area contributed by atoms with E-state index in [-0.39, 0.29) is 35.7 Å². The summed E-state index contributed by atoms with van der Waals surface area (Å²) in [5.41, 5.74) is 0. The van der Waals surface area contributed by atoms with Crippen LogP contribution in [0.25, 0.3) is 0 Å². The molecule has 0 saturated carbocycles. The quantitative estimate of drug-likeness (QED) is 0.192. The van der Waals surface area contributed by atoms with Gasteiger partial charge in [0.25, 0.3) is 0 Å². The molecule has 20 heavy (non-hydrogen) atoms. The molecule has 0 rings (SSSR count). The van der Waals surface area contributed by atoms with Crippen LogP contribution in [0.1, 0.15) is 0 Å². The van der Waals surface area contributed by atoms with Crippen molar-refractivity contribution in [2.75, 3.05) is 0 Å². The Labute approximate surface area is 129 Å². The van der Waals surface area contributed by atoms with Crippen molar-refractivity contribution in [1.82, 2.24) is 6.15 Å². The van der Waals surface area contributed by atoms with Crippen molar-refractivity contribution in [2.24, 2.45) is 32.0 Å². The normalized spacial score (nSPS) is 3.60. The Bertz CT molecular complexity index is 115. The summed E-state index contributed by atoms with van der Waals surface area (Å²) >= 11 is 0. The molecule has 0 radical (unpaired) electrons. The topological polar surface area (TPSA) is 340 Å². The van der Waals surface area contributed by atoms with Crippen LogP contribution in [-0.2, 0) is 0 Å². The van der Waals surface area contributed by atoms with Crippen molar-refractivity contribution in [1.29, 1.82) is 0 Å². The van der Waals surface area contributed by atoms with Crippen molar-refractivity contribution in [3.05, 3.63) is 39.9 Å². The van der Waals surface area contributed by atoms with E-state index in [0.717, 1.165) is 10.7 Å². The number of rotatable bonds is 0. The fraction of sp³-hybridized carbons (Fsp3) is 0. The zero-order chi connectivity index (χ0) is 16.2. The maximum absolute atomic E-state index is 8.11. The number of hydrogen-bond donors (Lipinski definition) is 5. The molecule has 0 aliphatic rings. The fourth-order valence-corrected chi connectivity index (χ4v) is 0. The molecule has 116 valence electrons. The largest absolute Gasteiger partial charge is 1.00 e. The van der Waals surface area contributed by atoms with Gasteiger partial charge in [0.1, 0.15) is 0 Å². The molecule has 0 atom stereocenters. The van der Waals surface area contributed by atoms with Crippen LogP contribution in [0, 0.1) is 39.9 Å². The van der Waals surface area contributed by atoms with Crippen LogP contribution in [0.5, 0.6) is 0 Å². The summed E-state index contributed by atoms with van der Waals surface area (Å²) in [7, 11) is 0. The molecule has 0 heterocycles. The van der Waals surface area contributed by atoms with E-state index >= 15 is 0 Å². The molecule has 0 aromatic carbocycles. The van der Waals surface area contributed by atoms with Gasteiger partial charge in [-0.3, -0.25) is 0 Å². The zero-order valence-electron chi connectivity index (χ0n) is 9.74. The van der Waals surface area contributed by atoms with Gasteiger partial charge in [-0.05, 0) is 0 Å². The van der Waals surface area contributed by atoms with Crippen LogP contribution < -0.4 is 35.7 Å². The summed E-state index contributed by atoms with van der Waals surface area (Å²) in [6.07, 6.45) is 0. The smallest absolute Gasteiger partial charge is 0.444 e. The van der Waals surface area contributed by atoms with Gasteiger partial charge in [0.2, 0.25) is 0 Å². The SMILES string of the molecule is O=NO.O=NO.O=NO.O=NO.O=N[O-].O=N[O-].[NH4+].[Na+]. The third-order valence-corrected chi connectivity index (χ3v) is 0. The standard InChI is InChI=1S/6HNO2.H3N.Na/c6*2-1-3;;/h6*(H,2,3);1H3;/q;;;;;;;+1/p-1. The summed E-state index contributed by atoms with van der Waals surface area (Å²) < 4.78 is 0. The summed E-state index contributed by atoms with van der Waals surface area (Å²) in [5, 5.41) is 49.6. The molecule has 0 aliphatic carbocycles. The molecule has 0 aromatic heterocycles. The average molecular weight is 321 g/mol. The van der Waals surface area contributed by atoms with E-state index in [9.17, 15) is 0 Å². The van der Waals surface area contributed by atoms with Crippen molar-refractivity contribution >= 4 is 0 Å². The Kier molecular flexibility index (Phi) is 907. The van der Waals surface area contributed by atoms with E-state index in [2.05, 4.69) is 0 Å². The first-order valence-corrected chi connectivity index (χ1v) is 2.26. The third-order valence-electron chi connectivity index (χ3n) is 0. The minimum atomic E-state index is 0. The van der Waals surface area contributed by atoms with E-state index in [1.807, 2.05) is 0 Å². The maximum Gasteiger partial charge on any atom is 1.00 e. The van der Waals surface area contributed by atoms with Gasteiger partial charge in [-0.2, -0.15) is 0 Å². The van der Waals surface area contributed by atoms with E-state index in [4.69, 9.17) is 60.7 Å². The first-order valence-electron chi connectivity index (χ1n) is 2.26. The molecular formula is H8N7NaO12. The third kappa shape index (κ3) is 454. The summed E-state index contributed by atoms with van der Waals surface area (Å²) in [5.74, 6) is 0. The van der Waals surface area contributed by atoms with Crippen molar-refractivity contribution < 1.29 is 50.4 Å². The minimum Gasteiger partial charge on any atom is -0.444 e. The van der Waals surface area contributed by atoms with Gasteiger partial charge in [-0.1, -0.05) is 0 Å². The second kappa shape index (κ2) is 342. The Hall–Kier alpha value is -2.64. The first kappa shape index (κ1) is 53.0. The van der Waals surface area contributed by atoms with Crippen molar-refractivity contribution in [3.8, 4) is 0 Å². The van der Waals surface area contributed by atoms with Crippen LogP contribution >= 0.6 is 0 Å². The monoisotopic (exact) mass is 321 g/mol. The van der Waals surface area contributed by atoms with Crippen molar-refractivity contribution in [2.45, 2.75) is 0 Å². The summed E-state index contributed by atoms with van der Waals surface area (Å²) in [6, 6.07) is 0. The van der Waals surface area contributed by atoms with Crippen LogP contribution in [0.3, 0.4) is 0 Å². The Balaban J connectivity index is -0.0000000141. The van der Waals surface area contributed by atoms with Crippen molar-refractivity contribution in [3.63, 3.8) is 0 Å². The number of quaternary nitrogens is 1. The molecule has 19 nitrogen and oxygen atoms in total. The molecule has 0 bridgehead atoms. The molecule has 0 spiro atoms. The molecule has 0 aromatic rings. The zero-order valence-corrected chi connectivity index (χ0v) is 11.7. The summed E-state index contributed by atoms with van der Waals surface area (Å²) in [4.78, 5) is 48.4. The van der Waals surface area contributed by atoms with Gasteiger partial charge in [0.05, 0.1) is 0 Å². The molecular weight excluding hydrogens is 313 g/mol. The van der Waals surface area contributed by atoms with Gasteiger partial charge in [0.15, 0.2) is 21.4 Å². The Morgan fingerprint density at radius 2 is 0.550 bits per heavy atom. The molecule has 0 unspecified atom stereocenters. The molecule has 20 heteroatoms. The maximum atomic E-state index is 8.11. The predicted octanol–water partition coefficient (Wildman–Crippen LogP) is -1.55. The van der Waals surface area contributed by atoms with E-state index in [0.29, 0.717) is 0 Å². The van der Waals surface area contributed by atoms with Crippen LogP contribution in [0.2, 0.25) is 0 Å². The van der Waals surface area contributed by atoms with Crippen LogP contribution in [0.4, 0.5) is 0 Å². The average Bonchev–Trinajstić information content (AvgIpc) is 2.23. The van der Waals surface area contributed by atoms with Gasteiger partial charge < -0.3 is 47.2 Å². The predicted molar refractivity (Wildman–Crippen MR) is 54.6 cm³/mol. The number of hydrogen-bond acceptors (Lipinski definition) is 14. The van der Waals surface area contributed by atoms with Gasteiger partial charge in [-0.15, -0.1) is 30.3 Å². The molecule has 0 fully saturated rings. The molecule has 0 aliphatic heterocycles. The molecule has 8 N–H and O–H groups in total. The molecule has 0 saturated heterocycles. The van der Waals surface area contributed by atoms with Crippen LogP contribution in [-0.4, -0.2) is 20.8 Å². The summed E-state index contributed by atoms with van der Waals surface area (Å²) in [6.45, 7) is 0. The van der Waals surface area contributed by atoms with Gasteiger partial charge >= 0.3 is 29.6 Å².